The summed E-state index contributed by atoms with van der Waals surface area (Å²) in [5.74, 6) is -1.02. The van der Waals surface area contributed by atoms with Gasteiger partial charge in [0.05, 0.1) is 23.5 Å². The summed E-state index contributed by atoms with van der Waals surface area (Å²) in [5.41, 5.74) is -0.937. The van der Waals surface area contributed by atoms with Crippen LogP contribution < -0.4 is 9.47 Å². The van der Waals surface area contributed by atoms with Crippen LogP contribution in [0.25, 0.3) is 0 Å². The number of hydrogen-bond donors (Lipinski definition) is 1. The molecule has 0 heterocycles. The molecule has 1 N–H and O–H groups in total. The average Bonchev–Trinajstić information content (AvgIpc) is 2.79. The maximum absolute atomic E-state index is 13.6. The molecule has 0 aliphatic rings. The van der Waals surface area contributed by atoms with Crippen molar-refractivity contribution in [3.8, 4) is 11.5 Å². The van der Waals surface area contributed by atoms with Crippen molar-refractivity contribution in [2.45, 2.75) is 32.0 Å². The Kier molecular flexibility index (Phi) is 7.55. The summed E-state index contributed by atoms with van der Waals surface area (Å²) < 4.78 is 51.6. The number of azo groups is 1. The van der Waals surface area contributed by atoms with Gasteiger partial charge in [-0.05, 0) is 61.9 Å². The molecule has 6 nitrogen and oxygen atoms in total. The van der Waals surface area contributed by atoms with Crippen LogP contribution in [-0.4, -0.2) is 23.3 Å². The first-order valence-corrected chi connectivity index (χ1v) is 10.4. The van der Waals surface area contributed by atoms with E-state index in [-0.39, 0.29) is 18.0 Å². The topological polar surface area (TPSA) is 80.5 Å². The van der Waals surface area contributed by atoms with E-state index in [1.807, 2.05) is 0 Å². The molecule has 0 atom stereocenters. The van der Waals surface area contributed by atoms with Crippen molar-refractivity contribution in [1.29, 1.82) is 0 Å². The summed E-state index contributed by atoms with van der Waals surface area (Å²) in [6.07, 6.45) is -4.28. The second kappa shape index (κ2) is 10.4. The lowest BCUT2D eigenvalue weighted by Gasteiger charge is -2.21. The molecule has 0 fully saturated rings. The van der Waals surface area contributed by atoms with Crippen molar-refractivity contribution in [2.24, 2.45) is 10.2 Å². The number of halogens is 3. The predicted molar refractivity (Wildman–Crippen MR) is 120 cm³/mol. The van der Waals surface area contributed by atoms with Crippen LogP contribution in [-0.2, 0) is 17.4 Å². The Labute approximate surface area is 194 Å². The fourth-order valence-electron chi connectivity index (χ4n) is 2.88. The molecule has 0 unspecified atom stereocenters. The van der Waals surface area contributed by atoms with Gasteiger partial charge in [-0.2, -0.15) is 23.4 Å². The molecule has 0 spiro atoms. The fourth-order valence-corrected chi connectivity index (χ4v) is 2.88. The number of hydrogen-bond acceptors (Lipinski definition) is 5. The van der Waals surface area contributed by atoms with Crippen molar-refractivity contribution < 1.29 is 32.5 Å². The van der Waals surface area contributed by atoms with Crippen LogP contribution in [0.2, 0.25) is 0 Å². The summed E-state index contributed by atoms with van der Waals surface area (Å²) >= 11 is 0. The molecule has 34 heavy (non-hydrogen) atoms. The molecule has 178 valence electrons. The second-order valence-corrected chi connectivity index (χ2v) is 7.87. The molecular formula is C25H23F3N2O4. The number of ether oxygens (including phenoxy) is 2. The highest BCUT2D eigenvalue weighted by Gasteiger charge is 2.35. The SMILES string of the molecule is CC(C)(Oc1ccc(CCOc2ccc(N=Nc3ccccc3)cc2C(F)(F)F)cc1)C(=O)O. The van der Waals surface area contributed by atoms with E-state index in [1.54, 1.807) is 54.6 Å². The summed E-state index contributed by atoms with van der Waals surface area (Å²) in [6.45, 7) is 2.88. The van der Waals surface area contributed by atoms with Crippen LogP contribution in [0.15, 0.2) is 83.0 Å². The highest BCUT2D eigenvalue weighted by molar-refractivity contribution is 5.76. The molecule has 3 rings (SSSR count). The largest absolute Gasteiger partial charge is 0.493 e. The van der Waals surface area contributed by atoms with Gasteiger partial charge < -0.3 is 14.6 Å². The van der Waals surface area contributed by atoms with E-state index in [1.165, 1.54) is 26.0 Å². The average molecular weight is 472 g/mol. The smallest absolute Gasteiger partial charge is 0.420 e. The Morgan fingerprint density at radius 2 is 1.56 bits per heavy atom. The number of nitrogens with zero attached hydrogens (tertiary/aromatic N) is 2. The monoisotopic (exact) mass is 472 g/mol. The lowest BCUT2D eigenvalue weighted by atomic mass is 10.1. The minimum atomic E-state index is -4.62. The first kappa shape index (κ1) is 24.8. The van der Waals surface area contributed by atoms with Crippen LogP contribution in [0, 0.1) is 0 Å². The third kappa shape index (κ3) is 6.81. The Morgan fingerprint density at radius 3 is 2.18 bits per heavy atom. The van der Waals surface area contributed by atoms with Gasteiger partial charge in [0.2, 0.25) is 0 Å². The summed E-state index contributed by atoms with van der Waals surface area (Å²) in [7, 11) is 0. The molecule has 0 amide bonds. The van der Waals surface area contributed by atoms with E-state index < -0.39 is 23.3 Å². The normalized spacial score (nSPS) is 12.0. The zero-order valence-electron chi connectivity index (χ0n) is 18.5. The van der Waals surface area contributed by atoms with Crippen molar-refractivity contribution in [3.63, 3.8) is 0 Å². The van der Waals surface area contributed by atoms with Gasteiger partial charge in [0, 0.05) is 6.42 Å². The van der Waals surface area contributed by atoms with Crippen molar-refractivity contribution in [1.82, 2.24) is 0 Å². The van der Waals surface area contributed by atoms with Gasteiger partial charge in [-0.3, -0.25) is 0 Å². The van der Waals surface area contributed by atoms with Gasteiger partial charge in [0.15, 0.2) is 5.60 Å². The van der Waals surface area contributed by atoms with Crippen LogP contribution in [0.4, 0.5) is 24.5 Å². The van der Waals surface area contributed by atoms with Gasteiger partial charge in [-0.25, -0.2) is 4.79 Å². The maximum atomic E-state index is 13.6. The third-order valence-corrected chi connectivity index (χ3v) is 4.77. The number of carbonyl (C=O) groups is 1. The van der Waals surface area contributed by atoms with Crippen molar-refractivity contribution >= 4 is 17.3 Å². The van der Waals surface area contributed by atoms with Gasteiger partial charge in [-0.15, -0.1) is 0 Å². The van der Waals surface area contributed by atoms with Crippen LogP contribution in [0.3, 0.4) is 0 Å². The van der Waals surface area contributed by atoms with Crippen molar-refractivity contribution in [2.75, 3.05) is 6.61 Å². The molecule has 0 radical (unpaired) electrons. The van der Waals surface area contributed by atoms with Crippen LogP contribution in [0.5, 0.6) is 11.5 Å². The van der Waals surface area contributed by atoms with Gasteiger partial charge >= 0.3 is 12.1 Å². The second-order valence-electron chi connectivity index (χ2n) is 7.87. The predicted octanol–water partition coefficient (Wildman–Crippen LogP) is 6.98. The number of alkyl halides is 3. The molecule has 3 aromatic carbocycles. The molecule has 0 bridgehead atoms. The Hall–Kier alpha value is -3.88. The van der Waals surface area contributed by atoms with E-state index in [4.69, 9.17) is 14.6 Å². The lowest BCUT2D eigenvalue weighted by molar-refractivity contribution is -0.152. The first-order chi connectivity index (χ1) is 16.0. The first-order valence-electron chi connectivity index (χ1n) is 10.4. The van der Waals surface area contributed by atoms with E-state index in [0.717, 1.165) is 11.6 Å². The van der Waals surface area contributed by atoms with Crippen LogP contribution >= 0.6 is 0 Å². The minimum Gasteiger partial charge on any atom is -0.493 e. The summed E-state index contributed by atoms with van der Waals surface area (Å²) in [4.78, 5) is 11.2. The highest BCUT2D eigenvalue weighted by atomic mass is 19.4. The molecule has 9 heteroatoms. The van der Waals surface area contributed by atoms with E-state index in [0.29, 0.717) is 17.9 Å². The maximum Gasteiger partial charge on any atom is 0.420 e. The number of aliphatic carboxylic acids is 1. The summed E-state index contributed by atoms with van der Waals surface area (Å²) in [6, 6.07) is 18.8. The molecular weight excluding hydrogens is 449 g/mol. The van der Waals surface area contributed by atoms with Crippen molar-refractivity contribution in [3.05, 3.63) is 83.9 Å². The number of rotatable bonds is 9. The molecule has 0 saturated heterocycles. The van der Waals surface area contributed by atoms with Gasteiger partial charge in [0.25, 0.3) is 0 Å². The molecule has 0 aromatic heterocycles. The quantitative estimate of drug-likeness (QED) is 0.341. The third-order valence-electron chi connectivity index (χ3n) is 4.77. The molecule has 0 saturated carbocycles. The standard InChI is InChI=1S/C25H23F3N2O4/c1-24(2,23(31)32)34-20-11-8-17(9-12-20)14-15-33-22-13-10-19(16-21(22)25(26,27)28)30-29-18-6-4-3-5-7-18/h3-13,16H,14-15H2,1-2H3,(H,31,32). The number of benzene rings is 3. The minimum absolute atomic E-state index is 0.00871. The Morgan fingerprint density at radius 1 is 0.912 bits per heavy atom. The molecule has 0 aliphatic heterocycles. The lowest BCUT2D eigenvalue weighted by Crippen LogP contribution is -2.37. The van der Waals surface area contributed by atoms with E-state index >= 15 is 0 Å². The zero-order chi connectivity index (χ0) is 24.8. The van der Waals surface area contributed by atoms with Gasteiger partial charge in [-0.1, -0.05) is 30.3 Å². The van der Waals surface area contributed by atoms with Gasteiger partial charge in [0.1, 0.15) is 11.5 Å². The van der Waals surface area contributed by atoms with E-state index in [9.17, 15) is 18.0 Å². The number of carboxylic acid groups (broad SMARTS) is 1. The fraction of sp³-hybridized carbons (Fsp3) is 0.240. The highest BCUT2D eigenvalue weighted by Crippen LogP contribution is 2.39. The molecule has 3 aromatic rings. The molecule has 0 aliphatic carbocycles. The van der Waals surface area contributed by atoms with Crippen LogP contribution in [0.1, 0.15) is 25.0 Å². The Balaban J connectivity index is 1.65. The zero-order valence-corrected chi connectivity index (χ0v) is 18.5. The number of carboxylic acids is 1. The van der Waals surface area contributed by atoms with E-state index in [2.05, 4.69) is 10.2 Å². The Bertz CT molecular complexity index is 1150. The summed E-state index contributed by atoms with van der Waals surface area (Å²) in [5, 5.41) is 17.0.